The number of benzene rings is 2. The van der Waals surface area contributed by atoms with Crippen LogP contribution in [0.4, 0.5) is 14.5 Å². The van der Waals surface area contributed by atoms with Gasteiger partial charge >= 0.3 is 0 Å². The molecule has 0 aromatic heterocycles. The number of nitrogens with zero attached hydrogens (tertiary/aromatic N) is 2. The van der Waals surface area contributed by atoms with E-state index in [1.807, 2.05) is 11.0 Å². The van der Waals surface area contributed by atoms with Gasteiger partial charge in [0.15, 0.2) is 0 Å². The fourth-order valence-electron chi connectivity index (χ4n) is 5.23. The highest BCUT2D eigenvalue weighted by atomic mass is 35.5. The number of alkyl halides is 1. The molecule has 1 amide bonds. The molecular weight excluding hydrogens is 606 g/mol. The molecule has 2 aliphatic rings. The monoisotopic (exact) mass is 640 g/mol. The van der Waals surface area contributed by atoms with Crippen molar-refractivity contribution in [3.05, 3.63) is 52.8 Å². The Morgan fingerprint density at radius 1 is 1.21 bits per heavy atom. The van der Waals surface area contributed by atoms with Crippen molar-refractivity contribution in [3.63, 3.8) is 0 Å². The Morgan fingerprint density at radius 2 is 1.88 bits per heavy atom. The molecule has 1 atom stereocenters. The molecule has 2 fully saturated rings. The van der Waals surface area contributed by atoms with Gasteiger partial charge in [0.05, 0.1) is 21.2 Å². The SMILES string of the molecule is COC1(C(=O)NS(=O)(=O)c2cc(Cl)c(N[C@H](CCN3CC(F)C3)CSc3ccc(F)cc3)c(C#N)c2)CCCCCC1. The van der Waals surface area contributed by atoms with E-state index in [1.54, 1.807) is 12.1 Å². The Kier molecular flexibility index (Phi) is 11.1. The maximum atomic E-state index is 13.3. The van der Waals surface area contributed by atoms with Crippen molar-refractivity contribution in [1.82, 2.24) is 9.62 Å². The topological polar surface area (TPSA) is 112 Å². The minimum absolute atomic E-state index is 0.00218. The quantitative estimate of drug-likeness (QED) is 0.231. The Labute approximate surface area is 255 Å². The van der Waals surface area contributed by atoms with Crippen molar-refractivity contribution >= 4 is 45.0 Å². The number of sulfonamides is 1. The number of thioether (sulfide) groups is 1. The van der Waals surface area contributed by atoms with Crippen molar-refractivity contribution in [3.8, 4) is 6.07 Å². The van der Waals surface area contributed by atoms with Crippen LogP contribution >= 0.6 is 23.4 Å². The van der Waals surface area contributed by atoms with Gasteiger partial charge in [-0.2, -0.15) is 5.26 Å². The molecule has 2 aromatic carbocycles. The van der Waals surface area contributed by atoms with Gasteiger partial charge in [-0.3, -0.25) is 9.69 Å². The minimum atomic E-state index is -4.36. The van der Waals surface area contributed by atoms with E-state index in [0.29, 0.717) is 44.6 Å². The van der Waals surface area contributed by atoms with Gasteiger partial charge in [-0.1, -0.05) is 37.3 Å². The van der Waals surface area contributed by atoms with E-state index in [4.69, 9.17) is 16.3 Å². The molecule has 1 saturated heterocycles. The molecule has 228 valence electrons. The average molecular weight is 641 g/mol. The van der Waals surface area contributed by atoms with Crippen molar-refractivity contribution in [2.45, 2.75) is 72.6 Å². The van der Waals surface area contributed by atoms with E-state index in [2.05, 4.69) is 10.0 Å². The molecule has 0 unspecified atom stereocenters. The summed E-state index contributed by atoms with van der Waals surface area (Å²) < 4.78 is 60.9. The summed E-state index contributed by atoms with van der Waals surface area (Å²) in [5.41, 5.74) is -0.977. The van der Waals surface area contributed by atoms with Crippen LogP contribution in [0.2, 0.25) is 5.02 Å². The number of anilines is 1. The van der Waals surface area contributed by atoms with Crippen molar-refractivity contribution in [1.29, 1.82) is 5.26 Å². The number of ether oxygens (including phenoxy) is 1. The highest BCUT2D eigenvalue weighted by Gasteiger charge is 2.41. The third kappa shape index (κ3) is 8.14. The third-order valence-electron chi connectivity index (χ3n) is 7.76. The zero-order chi connectivity index (χ0) is 30.3. The molecule has 1 aliphatic heterocycles. The smallest absolute Gasteiger partial charge is 0.265 e. The number of methoxy groups -OCH3 is 1. The summed E-state index contributed by atoms with van der Waals surface area (Å²) in [4.78, 5) is 15.7. The van der Waals surface area contributed by atoms with Crippen LogP contribution in [0.1, 0.15) is 50.5 Å². The molecule has 2 N–H and O–H groups in total. The number of hydrogen-bond acceptors (Lipinski definition) is 8. The van der Waals surface area contributed by atoms with Gasteiger partial charge in [0.25, 0.3) is 15.9 Å². The number of carbonyl (C=O) groups is 1. The second-order valence-corrected chi connectivity index (χ2v) is 13.9. The summed E-state index contributed by atoms with van der Waals surface area (Å²) in [5.74, 6) is -0.548. The van der Waals surface area contributed by atoms with E-state index in [0.717, 1.165) is 30.6 Å². The maximum absolute atomic E-state index is 13.3. The maximum Gasteiger partial charge on any atom is 0.265 e. The standard InChI is InChI=1S/C29H35ClF2N4O4S2/c1-40-29(11-4-2-3-5-12-29)28(37)35-42(38,39)25-14-20(16-33)27(26(30)15-25)34-23(10-13-36-17-22(32)18-36)19-41-24-8-6-21(31)7-9-24/h6-9,14-15,22-23,34H,2-5,10-13,17-19H2,1H3,(H,35,37)/t23-/m1/s1. The predicted octanol–water partition coefficient (Wildman–Crippen LogP) is 5.51. The number of hydrogen-bond donors (Lipinski definition) is 2. The first-order chi connectivity index (χ1) is 20.0. The second-order valence-electron chi connectivity index (χ2n) is 10.7. The number of rotatable bonds is 12. The van der Waals surface area contributed by atoms with Gasteiger partial charge in [0.2, 0.25) is 0 Å². The van der Waals surface area contributed by atoms with Gasteiger partial charge in [-0.05, 0) is 55.7 Å². The van der Waals surface area contributed by atoms with Gasteiger partial charge in [-0.25, -0.2) is 21.9 Å². The Morgan fingerprint density at radius 3 is 2.48 bits per heavy atom. The van der Waals surface area contributed by atoms with Crippen molar-refractivity contribution in [2.75, 3.05) is 37.8 Å². The number of likely N-dealkylation sites (tertiary alicyclic amines) is 1. The lowest BCUT2D eigenvalue weighted by Gasteiger charge is -2.35. The number of amides is 1. The van der Waals surface area contributed by atoms with Gasteiger partial charge in [-0.15, -0.1) is 11.8 Å². The molecule has 1 saturated carbocycles. The van der Waals surface area contributed by atoms with Crippen LogP contribution in [0.15, 0.2) is 46.2 Å². The zero-order valence-electron chi connectivity index (χ0n) is 23.4. The van der Waals surface area contributed by atoms with Crippen LogP contribution in [0, 0.1) is 17.1 Å². The predicted molar refractivity (Wildman–Crippen MR) is 159 cm³/mol. The van der Waals surface area contributed by atoms with Crippen LogP contribution in [0.3, 0.4) is 0 Å². The van der Waals surface area contributed by atoms with Crippen LogP contribution in [0.25, 0.3) is 0 Å². The summed E-state index contributed by atoms with van der Waals surface area (Å²) in [6.07, 6.45) is 3.98. The summed E-state index contributed by atoms with van der Waals surface area (Å²) in [7, 11) is -2.95. The van der Waals surface area contributed by atoms with Gasteiger partial charge < -0.3 is 10.1 Å². The summed E-state index contributed by atoms with van der Waals surface area (Å²) in [6.45, 7) is 1.34. The minimum Gasteiger partial charge on any atom is -0.379 e. The van der Waals surface area contributed by atoms with E-state index in [-0.39, 0.29) is 33.0 Å². The Hall–Kier alpha value is -2.43. The molecule has 0 bridgehead atoms. The number of carbonyl (C=O) groups excluding carboxylic acids is 1. The molecular formula is C29H35ClF2N4O4S2. The van der Waals surface area contributed by atoms with E-state index in [9.17, 15) is 27.3 Å². The fraction of sp³-hybridized carbons (Fsp3) is 0.517. The van der Waals surface area contributed by atoms with Crippen LogP contribution in [-0.4, -0.2) is 69.5 Å². The molecule has 8 nitrogen and oxygen atoms in total. The van der Waals surface area contributed by atoms with E-state index in [1.165, 1.54) is 43.1 Å². The number of nitriles is 1. The van der Waals surface area contributed by atoms with Crippen LogP contribution in [-0.2, 0) is 19.6 Å². The second kappa shape index (κ2) is 14.4. The Balaban J connectivity index is 1.52. The normalized spacial score (nSPS) is 18.4. The fourth-order valence-corrected chi connectivity index (χ4v) is 7.63. The summed E-state index contributed by atoms with van der Waals surface area (Å²) in [6, 6.07) is 10.3. The number of halogens is 3. The number of nitrogens with one attached hydrogen (secondary N) is 2. The molecule has 0 spiro atoms. The molecule has 0 radical (unpaired) electrons. The highest BCUT2D eigenvalue weighted by Crippen LogP contribution is 2.34. The first-order valence-electron chi connectivity index (χ1n) is 13.9. The average Bonchev–Trinajstić information content (AvgIpc) is 3.21. The van der Waals surface area contributed by atoms with E-state index >= 15 is 0 Å². The van der Waals surface area contributed by atoms with Crippen molar-refractivity contribution in [2.24, 2.45) is 0 Å². The molecule has 1 aliphatic carbocycles. The summed E-state index contributed by atoms with van der Waals surface area (Å²) >= 11 is 8.04. The lowest BCUT2D eigenvalue weighted by molar-refractivity contribution is -0.143. The van der Waals surface area contributed by atoms with Gasteiger partial charge in [0.1, 0.15) is 23.7 Å². The lowest BCUT2D eigenvalue weighted by Crippen LogP contribution is -2.49. The van der Waals surface area contributed by atoms with Crippen LogP contribution < -0.4 is 10.0 Å². The molecule has 1 heterocycles. The first kappa shape index (κ1) is 32.5. The Bertz CT molecular complexity index is 1390. The molecule has 2 aromatic rings. The largest absolute Gasteiger partial charge is 0.379 e. The van der Waals surface area contributed by atoms with Crippen LogP contribution in [0.5, 0.6) is 0 Å². The summed E-state index contributed by atoms with van der Waals surface area (Å²) in [5, 5.41) is 13.2. The van der Waals surface area contributed by atoms with Gasteiger partial charge in [0, 0.05) is 43.4 Å². The van der Waals surface area contributed by atoms with E-state index < -0.39 is 27.7 Å². The third-order valence-corrected chi connectivity index (χ3v) is 10.5. The molecule has 13 heteroatoms. The molecule has 42 heavy (non-hydrogen) atoms. The van der Waals surface area contributed by atoms with Crippen molar-refractivity contribution < 1.29 is 26.7 Å². The molecule has 4 rings (SSSR count). The zero-order valence-corrected chi connectivity index (χ0v) is 25.8. The highest BCUT2D eigenvalue weighted by molar-refractivity contribution is 7.99. The first-order valence-corrected chi connectivity index (χ1v) is 16.8. The lowest BCUT2D eigenvalue weighted by atomic mass is 9.93.